The van der Waals surface area contributed by atoms with E-state index < -0.39 is 0 Å². The average Bonchev–Trinajstić information content (AvgIpc) is 2.27. The zero-order chi connectivity index (χ0) is 13.2. The molecule has 0 radical (unpaired) electrons. The van der Waals surface area contributed by atoms with Crippen LogP contribution in [0.3, 0.4) is 0 Å². The molecular weight excluding hydrogens is 244 g/mol. The van der Waals surface area contributed by atoms with Crippen LogP contribution in [0.4, 0.5) is 5.69 Å². The molecule has 1 fully saturated rings. The highest BCUT2D eigenvalue weighted by Crippen LogP contribution is 2.42. The summed E-state index contributed by atoms with van der Waals surface area (Å²) >= 11 is 1.86. The Morgan fingerprint density at radius 2 is 2.22 bits per heavy atom. The molecule has 0 bridgehead atoms. The number of amides is 1. The van der Waals surface area contributed by atoms with Crippen LogP contribution in [0.5, 0.6) is 0 Å². The van der Waals surface area contributed by atoms with Gasteiger partial charge in [0.2, 0.25) is 0 Å². The fourth-order valence-corrected chi connectivity index (χ4v) is 3.16. The molecule has 0 aliphatic heterocycles. The summed E-state index contributed by atoms with van der Waals surface area (Å²) in [5, 5.41) is 3.01. The van der Waals surface area contributed by atoms with E-state index in [1.54, 1.807) is 6.07 Å². The molecule has 1 amide bonds. The molecule has 18 heavy (non-hydrogen) atoms. The van der Waals surface area contributed by atoms with Gasteiger partial charge in [-0.2, -0.15) is 11.8 Å². The second kappa shape index (κ2) is 5.22. The van der Waals surface area contributed by atoms with Crippen LogP contribution in [-0.2, 0) is 0 Å². The molecule has 3 N–H and O–H groups in total. The Hall–Kier alpha value is -1.16. The molecule has 0 unspecified atom stereocenters. The highest BCUT2D eigenvalue weighted by molar-refractivity contribution is 8.00. The second-order valence-corrected chi connectivity index (χ2v) is 6.29. The van der Waals surface area contributed by atoms with E-state index in [9.17, 15) is 4.79 Å². The molecule has 1 saturated carbocycles. The molecule has 3 nitrogen and oxygen atoms in total. The van der Waals surface area contributed by atoms with E-state index in [0.29, 0.717) is 11.3 Å². The van der Waals surface area contributed by atoms with Crippen LogP contribution < -0.4 is 11.1 Å². The van der Waals surface area contributed by atoms with Crippen molar-refractivity contribution in [2.24, 2.45) is 0 Å². The van der Waals surface area contributed by atoms with Gasteiger partial charge in [0.15, 0.2) is 0 Å². The Balaban J connectivity index is 1.99. The van der Waals surface area contributed by atoms with Crippen LogP contribution in [-0.4, -0.2) is 23.5 Å². The number of carbonyl (C=O) groups excluding carboxylic acids is 1. The molecule has 4 heteroatoms. The van der Waals surface area contributed by atoms with Crippen LogP contribution >= 0.6 is 11.8 Å². The number of hydrogen-bond donors (Lipinski definition) is 2. The summed E-state index contributed by atoms with van der Waals surface area (Å²) in [4.78, 5) is 12.1. The number of thioether (sulfide) groups is 1. The molecule has 1 aliphatic carbocycles. The highest BCUT2D eigenvalue weighted by Gasteiger charge is 2.36. The maximum atomic E-state index is 12.1. The van der Waals surface area contributed by atoms with Crippen molar-refractivity contribution in [3.05, 3.63) is 29.3 Å². The van der Waals surface area contributed by atoms with Crippen molar-refractivity contribution in [1.29, 1.82) is 0 Å². The lowest BCUT2D eigenvalue weighted by molar-refractivity contribution is 0.0945. The van der Waals surface area contributed by atoms with Crippen LogP contribution in [0.25, 0.3) is 0 Å². The summed E-state index contributed by atoms with van der Waals surface area (Å²) < 4.78 is 0.259. The summed E-state index contributed by atoms with van der Waals surface area (Å²) in [6.07, 6.45) is 5.77. The van der Waals surface area contributed by atoms with Gasteiger partial charge in [-0.3, -0.25) is 4.79 Å². The Bertz CT molecular complexity index is 450. The summed E-state index contributed by atoms with van der Waals surface area (Å²) in [5.41, 5.74) is 8.08. The quantitative estimate of drug-likeness (QED) is 0.822. The number of aryl methyl sites for hydroxylation is 1. The average molecular weight is 264 g/mol. The Labute approximate surface area is 113 Å². The fraction of sp³-hybridized carbons (Fsp3) is 0.500. The topological polar surface area (TPSA) is 55.1 Å². The minimum atomic E-state index is -0.0622. The van der Waals surface area contributed by atoms with E-state index in [2.05, 4.69) is 11.6 Å². The third-order valence-corrected chi connectivity index (χ3v) is 5.14. The fourth-order valence-electron chi connectivity index (χ4n) is 2.25. The van der Waals surface area contributed by atoms with Gasteiger partial charge in [0, 0.05) is 17.0 Å². The SMILES string of the molecule is CSC1(CNC(=O)c2ccc(C)cc2N)CCC1. The number of anilines is 1. The van der Waals surface area contributed by atoms with E-state index in [1.807, 2.05) is 30.8 Å². The first kappa shape index (κ1) is 13.3. The summed E-state index contributed by atoms with van der Waals surface area (Å²) in [6.45, 7) is 2.70. The molecular formula is C14H20N2OS. The lowest BCUT2D eigenvalue weighted by Crippen LogP contribution is -2.45. The number of nitrogens with two attached hydrogens (primary N) is 1. The van der Waals surface area contributed by atoms with Crippen molar-refractivity contribution in [1.82, 2.24) is 5.32 Å². The van der Waals surface area contributed by atoms with Gasteiger partial charge in [-0.25, -0.2) is 0 Å². The normalized spacial score (nSPS) is 17.0. The van der Waals surface area contributed by atoms with E-state index in [0.717, 1.165) is 12.1 Å². The molecule has 1 aromatic carbocycles. The monoisotopic (exact) mass is 264 g/mol. The third-order valence-electron chi connectivity index (χ3n) is 3.72. The molecule has 1 aliphatic rings. The first-order valence-electron chi connectivity index (χ1n) is 6.26. The third kappa shape index (κ3) is 2.64. The summed E-state index contributed by atoms with van der Waals surface area (Å²) in [7, 11) is 0. The molecule has 2 rings (SSSR count). The summed E-state index contributed by atoms with van der Waals surface area (Å²) in [6, 6.07) is 5.55. The Morgan fingerprint density at radius 3 is 2.72 bits per heavy atom. The largest absolute Gasteiger partial charge is 0.398 e. The number of hydrogen-bond acceptors (Lipinski definition) is 3. The Kier molecular flexibility index (Phi) is 3.85. The van der Waals surface area contributed by atoms with Gasteiger partial charge in [0.25, 0.3) is 5.91 Å². The lowest BCUT2D eigenvalue weighted by Gasteiger charge is -2.40. The maximum absolute atomic E-state index is 12.1. The van der Waals surface area contributed by atoms with Gasteiger partial charge in [-0.15, -0.1) is 0 Å². The van der Waals surface area contributed by atoms with E-state index >= 15 is 0 Å². The van der Waals surface area contributed by atoms with Crippen molar-refractivity contribution >= 4 is 23.4 Å². The van der Waals surface area contributed by atoms with Crippen molar-refractivity contribution in [3.8, 4) is 0 Å². The number of benzene rings is 1. The maximum Gasteiger partial charge on any atom is 0.253 e. The molecule has 0 saturated heterocycles. The van der Waals surface area contributed by atoms with Gasteiger partial charge >= 0.3 is 0 Å². The minimum absolute atomic E-state index is 0.0622. The first-order chi connectivity index (χ1) is 8.56. The van der Waals surface area contributed by atoms with Crippen LogP contribution in [0.15, 0.2) is 18.2 Å². The van der Waals surface area contributed by atoms with Crippen LogP contribution in [0, 0.1) is 6.92 Å². The van der Waals surface area contributed by atoms with E-state index in [4.69, 9.17) is 5.73 Å². The number of rotatable bonds is 4. The number of nitrogens with one attached hydrogen (secondary N) is 1. The molecule has 1 aromatic rings. The smallest absolute Gasteiger partial charge is 0.253 e. The van der Waals surface area contributed by atoms with E-state index in [1.165, 1.54) is 19.3 Å². The molecule has 0 spiro atoms. The van der Waals surface area contributed by atoms with Gasteiger partial charge < -0.3 is 11.1 Å². The number of carbonyl (C=O) groups is 1. The van der Waals surface area contributed by atoms with Gasteiger partial charge in [-0.05, 0) is 43.7 Å². The van der Waals surface area contributed by atoms with Gasteiger partial charge in [0.05, 0.1) is 5.56 Å². The molecule has 0 aromatic heterocycles. The first-order valence-corrected chi connectivity index (χ1v) is 7.48. The molecule has 0 atom stereocenters. The van der Waals surface area contributed by atoms with Gasteiger partial charge in [-0.1, -0.05) is 12.5 Å². The molecule has 98 valence electrons. The predicted octanol–water partition coefficient (Wildman–Crippen LogP) is 2.59. The van der Waals surface area contributed by atoms with Crippen molar-refractivity contribution in [2.45, 2.75) is 30.9 Å². The second-order valence-electron chi connectivity index (χ2n) is 5.01. The zero-order valence-corrected chi connectivity index (χ0v) is 11.8. The standard InChI is InChI=1S/C14H20N2OS/c1-10-4-5-11(12(15)8-10)13(17)16-9-14(18-2)6-3-7-14/h4-5,8H,3,6-7,9,15H2,1-2H3,(H,16,17). The minimum Gasteiger partial charge on any atom is -0.398 e. The lowest BCUT2D eigenvalue weighted by atomic mass is 9.84. The zero-order valence-electron chi connectivity index (χ0n) is 11.0. The van der Waals surface area contributed by atoms with Crippen molar-refractivity contribution < 1.29 is 4.79 Å². The van der Waals surface area contributed by atoms with Crippen molar-refractivity contribution in [2.75, 3.05) is 18.5 Å². The van der Waals surface area contributed by atoms with Crippen LogP contribution in [0.1, 0.15) is 35.2 Å². The Morgan fingerprint density at radius 1 is 1.50 bits per heavy atom. The van der Waals surface area contributed by atoms with E-state index in [-0.39, 0.29) is 10.7 Å². The number of nitrogen functional groups attached to an aromatic ring is 1. The van der Waals surface area contributed by atoms with Crippen LogP contribution in [0.2, 0.25) is 0 Å². The predicted molar refractivity (Wildman–Crippen MR) is 78.0 cm³/mol. The summed E-state index contributed by atoms with van der Waals surface area (Å²) in [5.74, 6) is -0.0622. The van der Waals surface area contributed by atoms with Crippen molar-refractivity contribution in [3.63, 3.8) is 0 Å². The highest BCUT2D eigenvalue weighted by atomic mass is 32.2. The van der Waals surface area contributed by atoms with Gasteiger partial charge in [0.1, 0.15) is 0 Å². The molecule has 0 heterocycles.